The highest BCUT2D eigenvalue weighted by Gasteiger charge is 2.24. The molecule has 2 saturated heterocycles. The number of rotatable bonds is 6. The summed E-state index contributed by atoms with van der Waals surface area (Å²) < 4.78 is 5.68. The molecule has 2 N–H and O–H groups in total. The molecule has 2 atom stereocenters. The molecule has 0 radical (unpaired) electrons. The van der Waals surface area contributed by atoms with Crippen LogP contribution in [0.4, 0.5) is 0 Å². The summed E-state index contributed by atoms with van der Waals surface area (Å²) in [6.07, 6.45) is 5.24. The first-order valence-electron chi connectivity index (χ1n) is 9.63. The van der Waals surface area contributed by atoms with Crippen LogP contribution in [0, 0.1) is 6.92 Å². The maximum absolute atomic E-state index is 5.68. The van der Waals surface area contributed by atoms with E-state index in [2.05, 4.69) is 51.7 Å². The van der Waals surface area contributed by atoms with Gasteiger partial charge < -0.3 is 15.4 Å². The molecule has 2 fully saturated rings. The van der Waals surface area contributed by atoms with Gasteiger partial charge in [0.15, 0.2) is 5.96 Å². The summed E-state index contributed by atoms with van der Waals surface area (Å²) in [5.74, 6) is 0.867. The second-order valence-electron chi connectivity index (χ2n) is 7.14. The summed E-state index contributed by atoms with van der Waals surface area (Å²) in [6.45, 7) is 7.10. The van der Waals surface area contributed by atoms with Gasteiger partial charge in [-0.25, -0.2) is 0 Å². The van der Waals surface area contributed by atoms with Crippen molar-refractivity contribution in [1.82, 2.24) is 15.5 Å². The lowest BCUT2D eigenvalue weighted by molar-refractivity contribution is 0.113. The van der Waals surface area contributed by atoms with Gasteiger partial charge >= 0.3 is 0 Å². The Balaban J connectivity index is 1.57. The van der Waals surface area contributed by atoms with Gasteiger partial charge in [0.25, 0.3) is 0 Å². The number of aliphatic imine (C=N–C) groups is 1. The van der Waals surface area contributed by atoms with Gasteiger partial charge in [-0.1, -0.05) is 29.8 Å². The third-order valence-corrected chi connectivity index (χ3v) is 5.25. The van der Waals surface area contributed by atoms with E-state index in [0.717, 1.165) is 32.1 Å². The average Bonchev–Trinajstić information content (AvgIpc) is 3.33. The first-order chi connectivity index (χ1) is 12.3. The van der Waals surface area contributed by atoms with Crippen LogP contribution in [0.2, 0.25) is 0 Å². The molecule has 1 aromatic rings. The summed E-state index contributed by atoms with van der Waals surface area (Å²) in [7, 11) is 1.83. The zero-order valence-corrected chi connectivity index (χ0v) is 15.6. The molecule has 0 aliphatic carbocycles. The van der Waals surface area contributed by atoms with Gasteiger partial charge in [-0.05, 0) is 51.3 Å². The van der Waals surface area contributed by atoms with E-state index in [1.807, 2.05) is 7.05 Å². The van der Waals surface area contributed by atoms with Crippen LogP contribution in [-0.4, -0.2) is 56.8 Å². The molecule has 0 aromatic heterocycles. The molecule has 2 aliphatic heterocycles. The van der Waals surface area contributed by atoms with Gasteiger partial charge in [0, 0.05) is 26.7 Å². The molecule has 25 heavy (non-hydrogen) atoms. The molecule has 3 rings (SSSR count). The van der Waals surface area contributed by atoms with Gasteiger partial charge in [-0.3, -0.25) is 9.89 Å². The fraction of sp³-hybridized carbons (Fsp3) is 0.650. The second kappa shape index (κ2) is 9.20. The highest BCUT2D eigenvalue weighted by atomic mass is 16.5. The SMILES string of the molecule is CN=C(NCC1CCCO1)NCC(c1ccc(C)cc1)N1CCCC1. The van der Waals surface area contributed by atoms with Crippen molar-refractivity contribution in [2.75, 3.05) is 39.8 Å². The van der Waals surface area contributed by atoms with Crippen molar-refractivity contribution in [1.29, 1.82) is 0 Å². The zero-order chi connectivity index (χ0) is 17.5. The lowest BCUT2D eigenvalue weighted by atomic mass is 10.0. The van der Waals surface area contributed by atoms with E-state index in [1.54, 1.807) is 0 Å². The monoisotopic (exact) mass is 344 g/mol. The van der Waals surface area contributed by atoms with Crippen LogP contribution in [0.15, 0.2) is 29.3 Å². The van der Waals surface area contributed by atoms with Crippen LogP contribution >= 0.6 is 0 Å². The average molecular weight is 345 g/mol. The topological polar surface area (TPSA) is 48.9 Å². The molecule has 2 unspecified atom stereocenters. The van der Waals surface area contributed by atoms with E-state index >= 15 is 0 Å². The molecule has 138 valence electrons. The molecule has 1 aromatic carbocycles. The lowest BCUT2D eigenvalue weighted by Gasteiger charge is -2.29. The molecule has 0 spiro atoms. The van der Waals surface area contributed by atoms with Gasteiger partial charge in [-0.2, -0.15) is 0 Å². The van der Waals surface area contributed by atoms with Crippen molar-refractivity contribution in [3.63, 3.8) is 0 Å². The molecule has 2 aliphatic rings. The van der Waals surface area contributed by atoms with Crippen LogP contribution in [-0.2, 0) is 4.74 Å². The number of benzene rings is 1. The smallest absolute Gasteiger partial charge is 0.191 e. The minimum absolute atomic E-state index is 0.324. The van der Waals surface area contributed by atoms with Crippen LogP contribution in [0.1, 0.15) is 42.9 Å². The molecule has 5 nitrogen and oxygen atoms in total. The minimum Gasteiger partial charge on any atom is -0.376 e. The number of ether oxygens (including phenoxy) is 1. The number of hydrogen-bond acceptors (Lipinski definition) is 3. The fourth-order valence-electron chi connectivity index (χ4n) is 3.73. The van der Waals surface area contributed by atoms with Gasteiger partial charge in [-0.15, -0.1) is 0 Å². The Bertz CT molecular complexity index is 545. The first-order valence-corrected chi connectivity index (χ1v) is 9.63. The summed E-state index contributed by atoms with van der Waals surface area (Å²) >= 11 is 0. The van der Waals surface area contributed by atoms with E-state index in [-0.39, 0.29) is 0 Å². The molecule has 0 amide bonds. The molecule has 5 heteroatoms. The number of guanidine groups is 1. The molecular weight excluding hydrogens is 312 g/mol. The number of likely N-dealkylation sites (tertiary alicyclic amines) is 1. The summed E-state index contributed by atoms with van der Waals surface area (Å²) in [4.78, 5) is 6.96. The van der Waals surface area contributed by atoms with E-state index in [0.29, 0.717) is 12.1 Å². The Labute approximate surface area is 151 Å². The Hall–Kier alpha value is -1.59. The van der Waals surface area contributed by atoms with Gasteiger partial charge in [0.05, 0.1) is 12.1 Å². The van der Waals surface area contributed by atoms with Crippen molar-refractivity contribution >= 4 is 5.96 Å². The highest BCUT2D eigenvalue weighted by molar-refractivity contribution is 5.79. The third-order valence-electron chi connectivity index (χ3n) is 5.25. The maximum Gasteiger partial charge on any atom is 0.191 e. The van der Waals surface area contributed by atoms with E-state index in [4.69, 9.17) is 4.74 Å². The predicted molar refractivity (Wildman–Crippen MR) is 103 cm³/mol. The first kappa shape index (κ1) is 18.2. The number of nitrogens with one attached hydrogen (secondary N) is 2. The molecule has 2 heterocycles. The Morgan fingerprint density at radius 3 is 2.60 bits per heavy atom. The van der Waals surface area contributed by atoms with Crippen molar-refractivity contribution < 1.29 is 4.74 Å². The van der Waals surface area contributed by atoms with E-state index in [9.17, 15) is 0 Å². The maximum atomic E-state index is 5.68. The van der Waals surface area contributed by atoms with Crippen LogP contribution in [0.5, 0.6) is 0 Å². The van der Waals surface area contributed by atoms with Crippen LogP contribution < -0.4 is 10.6 Å². The zero-order valence-electron chi connectivity index (χ0n) is 15.6. The van der Waals surface area contributed by atoms with Crippen molar-refractivity contribution in [2.24, 2.45) is 4.99 Å². The normalized spacial score (nSPS) is 23.0. The minimum atomic E-state index is 0.324. The fourth-order valence-corrected chi connectivity index (χ4v) is 3.73. The standard InChI is InChI=1S/C20H32N4O/c1-16-7-9-17(10-8-16)19(24-11-3-4-12-24)15-23-20(21-2)22-14-18-6-5-13-25-18/h7-10,18-19H,3-6,11-15H2,1-2H3,(H2,21,22,23). The second-order valence-corrected chi connectivity index (χ2v) is 7.14. The summed E-state index contributed by atoms with van der Waals surface area (Å²) in [5, 5.41) is 6.94. The Kier molecular flexibility index (Phi) is 6.70. The Morgan fingerprint density at radius 1 is 1.20 bits per heavy atom. The van der Waals surface area contributed by atoms with E-state index < -0.39 is 0 Å². The molecule has 0 saturated carbocycles. The highest BCUT2D eigenvalue weighted by Crippen LogP contribution is 2.24. The molecule has 0 bridgehead atoms. The quantitative estimate of drug-likeness (QED) is 0.615. The van der Waals surface area contributed by atoms with Crippen LogP contribution in [0.3, 0.4) is 0 Å². The third kappa shape index (κ3) is 5.19. The van der Waals surface area contributed by atoms with Crippen LogP contribution in [0.25, 0.3) is 0 Å². The van der Waals surface area contributed by atoms with Crippen molar-refractivity contribution in [3.8, 4) is 0 Å². The van der Waals surface area contributed by atoms with Crippen molar-refractivity contribution in [3.05, 3.63) is 35.4 Å². The number of nitrogens with zero attached hydrogens (tertiary/aromatic N) is 2. The Morgan fingerprint density at radius 2 is 1.96 bits per heavy atom. The summed E-state index contributed by atoms with van der Waals surface area (Å²) in [6, 6.07) is 9.35. The van der Waals surface area contributed by atoms with Gasteiger partial charge in [0.2, 0.25) is 0 Å². The van der Waals surface area contributed by atoms with Crippen molar-refractivity contribution in [2.45, 2.75) is 44.8 Å². The van der Waals surface area contributed by atoms with Gasteiger partial charge in [0.1, 0.15) is 0 Å². The molecular formula is C20H32N4O. The predicted octanol–water partition coefficient (Wildman–Crippen LogP) is 2.48. The summed E-state index contributed by atoms with van der Waals surface area (Å²) in [5.41, 5.74) is 2.69. The number of aryl methyl sites for hydroxylation is 1. The number of hydrogen-bond donors (Lipinski definition) is 2. The lowest BCUT2D eigenvalue weighted by Crippen LogP contribution is -2.44. The van der Waals surface area contributed by atoms with E-state index in [1.165, 1.54) is 43.5 Å². The largest absolute Gasteiger partial charge is 0.376 e.